The van der Waals surface area contributed by atoms with Crippen molar-refractivity contribution in [3.63, 3.8) is 0 Å². The van der Waals surface area contributed by atoms with Crippen LogP contribution in [-0.2, 0) is 4.79 Å². The summed E-state index contributed by atoms with van der Waals surface area (Å²) in [5.41, 5.74) is 0.827. The van der Waals surface area contributed by atoms with Crippen molar-refractivity contribution >= 4 is 27.5 Å². The third kappa shape index (κ3) is 4.03. The number of carbonyl (C=O) groups is 1. The number of benzene rings is 1. The van der Waals surface area contributed by atoms with Gasteiger partial charge in [-0.25, -0.2) is 0 Å². The first-order valence-corrected chi connectivity index (χ1v) is 7.49. The monoisotopic (exact) mass is 325 g/mol. The van der Waals surface area contributed by atoms with Gasteiger partial charge in [0.1, 0.15) is 0 Å². The molecular formula is C14H20BrN3O. The molecule has 1 fully saturated rings. The molecule has 0 spiro atoms. The van der Waals surface area contributed by atoms with Crippen LogP contribution in [0.4, 0.5) is 5.69 Å². The van der Waals surface area contributed by atoms with Gasteiger partial charge < -0.3 is 10.6 Å². The first kappa shape index (κ1) is 14.5. The van der Waals surface area contributed by atoms with Crippen LogP contribution < -0.4 is 10.6 Å². The van der Waals surface area contributed by atoms with Crippen LogP contribution in [0, 0.1) is 0 Å². The highest BCUT2D eigenvalue weighted by atomic mass is 79.9. The molecule has 0 bridgehead atoms. The number of likely N-dealkylation sites (N-methyl/N-ethyl adjacent to an activating group) is 1. The largest absolute Gasteiger partial charge is 0.324 e. The zero-order valence-electron chi connectivity index (χ0n) is 11.2. The highest BCUT2D eigenvalue weighted by molar-refractivity contribution is 9.10. The van der Waals surface area contributed by atoms with Crippen LogP contribution in [0.5, 0.6) is 0 Å². The lowest BCUT2D eigenvalue weighted by Gasteiger charge is -2.26. The zero-order valence-corrected chi connectivity index (χ0v) is 12.7. The third-order valence-electron chi connectivity index (χ3n) is 3.45. The summed E-state index contributed by atoms with van der Waals surface area (Å²) in [6, 6.07) is 8.15. The lowest BCUT2D eigenvalue weighted by molar-refractivity contribution is -0.117. The van der Waals surface area contributed by atoms with Crippen molar-refractivity contribution < 1.29 is 4.79 Å². The van der Waals surface area contributed by atoms with Crippen molar-refractivity contribution in [2.24, 2.45) is 0 Å². The Morgan fingerprint density at radius 1 is 1.53 bits per heavy atom. The molecule has 0 aromatic heterocycles. The van der Waals surface area contributed by atoms with E-state index in [9.17, 15) is 4.79 Å². The van der Waals surface area contributed by atoms with E-state index in [0.29, 0.717) is 12.6 Å². The van der Waals surface area contributed by atoms with Gasteiger partial charge in [0.2, 0.25) is 5.91 Å². The minimum atomic E-state index is 0.0423. The summed E-state index contributed by atoms with van der Waals surface area (Å²) >= 11 is 3.44. The molecule has 1 amide bonds. The fraction of sp³-hybridized carbons (Fsp3) is 0.500. The predicted molar refractivity (Wildman–Crippen MR) is 81.3 cm³/mol. The molecule has 1 aromatic rings. The van der Waals surface area contributed by atoms with Crippen LogP contribution in [0.1, 0.15) is 13.3 Å². The zero-order chi connectivity index (χ0) is 13.7. The van der Waals surface area contributed by atoms with E-state index in [0.717, 1.165) is 36.2 Å². The molecule has 4 nitrogen and oxygen atoms in total. The Balaban J connectivity index is 1.91. The van der Waals surface area contributed by atoms with Gasteiger partial charge in [0.15, 0.2) is 0 Å². The minimum absolute atomic E-state index is 0.0423. The van der Waals surface area contributed by atoms with E-state index in [1.807, 2.05) is 24.3 Å². The summed E-state index contributed by atoms with van der Waals surface area (Å²) in [5.74, 6) is 0.0423. The Bertz CT molecular complexity index is 432. The summed E-state index contributed by atoms with van der Waals surface area (Å²) < 4.78 is 0.911. The van der Waals surface area contributed by atoms with E-state index in [1.165, 1.54) is 0 Å². The van der Waals surface area contributed by atoms with Gasteiger partial charge in [-0.1, -0.05) is 19.1 Å². The van der Waals surface area contributed by atoms with E-state index in [-0.39, 0.29) is 5.91 Å². The third-order valence-corrected chi connectivity index (χ3v) is 4.14. The molecule has 19 heavy (non-hydrogen) atoms. The first-order valence-electron chi connectivity index (χ1n) is 6.70. The van der Waals surface area contributed by atoms with Crippen molar-refractivity contribution in [1.82, 2.24) is 10.2 Å². The number of rotatable bonds is 5. The second kappa shape index (κ2) is 7.03. The van der Waals surface area contributed by atoms with Gasteiger partial charge in [0.05, 0.1) is 12.2 Å². The van der Waals surface area contributed by atoms with Gasteiger partial charge in [0.25, 0.3) is 0 Å². The molecule has 1 saturated heterocycles. The van der Waals surface area contributed by atoms with Crippen LogP contribution >= 0.6 is 15.9 Å². The number of anilines is 1. The van der Waals surface area contributed by atoms with E-state index < -0.39 is 0 Å². The molecule has 2 N–H and O–H groups in total. The van der Waals surface area contributed by atoms with Crippen molar-refractivity contribution in [1.29, 1.82) is 0 Å². The number of nitrogens with zero attached hydrogens (tertiary/aromatic N) is 1. The quantitative estimate of drug-likeness (QED) is 0.871. The SMILES string of the molecule is CCN(CC(=O)Nc1ccccc1Br)C1CCNC1. The average molecular weight is 326 g/mol. The number of amides is 1. The summed E-state index contributed by atoms with van der Waals surface area (Å²) in [6.07, 6.45) is 1.12. The molecule has 5 heteroatoms. The lowest BCUT2D eigenvalue weighted by Crippen LogP contribution is -2.41. The second-order valence-electron chi connectivity index (χ2n) is 4.74. The number of nitrogens with one attached hydrogen (secondary N) is 2. The van der Waals surface area contributed by atoms with Crippen molar-refractivity contribution in [2.45, 2.75) is 19.4 Å². The van der Waals surface area contributed by atoms with Crippen LogP contribution in [0.2, 0.25) is 0 Å². The van der Waals surface area contributed by atoms with Gasteiger partial charge in [0, 0.05) is 17.1 Å². The molecule has 104 valence electrons. The lowest BCUT2D eigenvalue weighted by atomic mass is 10.2. The van der Waals surface area contributed by atoms with E-state index in [4.69, 9.17) is 0 Å². The summed E-state index contributed by atoms with van der Waals surface area (Å²) in [6.45, 7) is 5.48. The molecule has 2 rings (SSSR count). The molecule has 1 heterocycles. The first-order chi connectivity index (χ1) is 9.20. The summed E-state index contributed by atoms with van der Waals surface area (Å²) in [4.78, 5) is 14.3. The molecular weight excluding hydrogens is 306 g/mol. The summed E-state index contributed by atoms with van der Waals surface area (Å²) in [5, 5.41) is 6.29. The van der Waals surface area contributed by atoms with E-state index in [2.05, 4.69) is 38.4 Å². The van der Waals surface area contributed by atoms with Gasteiger partial charge in [-0.3, -0.25) is 9.69 Å². The Kier molecular flexibility index (Phi) is 5.36. The summed E-state index contributed by atoms with van der Waals surface area (Å²) in [7, 11) is 0. The van der Waals surface area contributed by atoms with Gasteiger partial charge in [-0.05, 0) is 47.6 Å². The Morgan fingerprint density at radius 2 is 2.32 bits per heavy atom. The van der Waals surface area contributed by atoms with Gasteiger partial charge >= 0.3 is 0 Å². The number of hydrogen-bond acceptors (Lipinski definition) is 3. The highest BCUT2D eigenvalue weighted by Gasteiger charge is 2.22. The molecule has 1 aromatic carbocycles. The van der Waals surface area contributed by atoms with Crippen molar-refractivity contribution in [3.8, 4) is 0 Å². The minimum Gasteiger partial charge on any atom is -0.324 e. The standard InChI is InChI=1S/C14H20BrN3O/c1-2-18(11-7-8-16-9-11)10-14(19)17-13-6-4-3-5-12(13)15/h3-6,11,16H,2,7-10H2,1H3,(H,17,19). The van der Waals surface area contributed by atoms with Crippen LogP contribution in [0.25, 0.3) is 0 Å². The second-order valence-corrected chi connectivity index (χ2v) is 5.59. The fourth-order valence-electron chi connectivity index (χ4n) is 2.39. The molecule has 0 saturated carbocycles. The molecule has 0 aliphatic carbocycles. The Labute approximate surface area is 122 Å². The van der Waals surface area contributed by atoms with E-state index in [1.54, 1.807) is 0 Å². The number of halogens is 1. The van der Waals surface area contributed by atoms with Crippen molar-refractivity contribution in [3.05, 3.63) is 28.7 Å². The maximum atomic E-state index is 12.1. The molecule has 1 aliphatic heterocycles. The molecule has 1 atom stereocenters. The normalized spacial score (nSPS) is 18.8. The maximum absolute atomic E-state index is 12.1. The van der Waals surface area contributed by atoms with Gasteiger partial charge in [-0.2, -0.15) is 0 Å². The van der Waals surface area contributed by atoms with Gasteiger partial charge in [-0.15, -0.1) is 0 Å². The molecule has 0 radical (unpaired) electrons. The smallest absolute Gasteiger partial charge is 0.238 e. The predicted octanol–water partition coefficient (Wildman–Crippen LogP) is 2.07. The number of carbonyl (C=O) groups excluding carboxylic acids is 1. The average Bonchev–Trinajstić information content (AvgIpc) is 2.92. The number of hydrogen-bond donors (Lipinski definition) is 2. The Hall–Kier alpha value is -0.910. The molecule has 1 aliphatic rings. The highest BCUT2D eigenvalue weighted by Crippen LogP contribution is 2.21. The van der Waals surface area contributed by atoms with Crippen molar-refractivity contribution in [2.75, 3.05) is 31.5 Å². The maximum Gasteiger partial charge on any atom is 0.238 e. The topological polar surface area (TPSA) is 44.4 Å². The fourth-order valence-corrected chi connectivity index (χ4v) is 2.77. The Morgan fingerprint density at radius 3 is 2.95 bits per heavy atom. The van der Waals surface area contributed by atoms with Crippen LogP contribution in [-0.4, -0.2) is 43.0 Å². The van der Waals surface area contributed by atoms with Crippen LogP contribution in [0.15, 0.2) is 28.7 Å². The molecule has 1 unspecified atom stereocenters. The van der Waals surface area contributed by atoms with E-state index >= 15 is 0 Å². The number of para-hydroxylation sites is 1. The van der Waals surface area contributed by atoms with Crippen LogP contribution in [0.3, 0.4) is 0 Å².